The maximum atomic E-state index is 10.1. The molecule has 13 heavy (non-hydrogen) atoms. The minimum Gasteiger partial charge on any atom is -0.394 e. The van der Waals surface area contributed by atoms with Gasteiger partial charge in [-0.15, -0.1) is 0 Å². The molecular weight excluding hydrogens is 192 g/mol. The highest BCUT2D eigenvalue weighted by Gasteiger charge is 1.86. The first-order chi connectivity index (χ1) is 6.24. The van der Waals surface area contributed by atoms with Gasteiger partial charge in [-0.2, -0.15) is 0 Å². The number of aldehydes is 1. The normalized spacial score (nSPS) is 8.54. The molecule has 72 valence electrons. The average Bonchev–Trinajstić information content (AvgIpc) is 2.19. The summed E-state index contributed by atoms with van der Waals surface area (Å²) in [5, 5.41) is 15.9. The summed E-state index contributed by atoms with van der Waals surface area (Å²) in [5.41, 5.74) is 0.652. The Bertz CT molecular complexity index is 231. The van der Waals surface area contributed by atoms with Crippen LogP contribution in [0, 0.1) is 0 Å². The van der Waals surface area contributed by atoms with E-state index in [1.54, 1.807) is 24.3 Å². The van der Waals surface area contributed by atoms with Crippen LogP contribution < -0.4 is 0 Å². The lowest BCUT2D eigenvalue weighted by molar-refractivity contribution is 0.112. The monoisotopic (exact) mass is 202 g/mol. The van der Waals surface area contributed by atoms with Crippen molar-refractivity contribution in [2.24, 2.45) is 0 Å². The molecule has 0 heterocycles. The molecule has 1 aromatic carbocycles. The molecule has 0 aliphatic carbocycles. The number of carbonyl (C=O) groups excluding carboxylic acids is 1. The Morgan fingerprint density at radius 1 is 1.15 bits per heavy atom. The molecule has 0 spiro atoms. The Morgan fingerprint density at radius 3 is 1.92 bits per heavy atom. The quantitative estimate of drug-likeness (QED) is 0.707. The van der Waals surface area contributed by atoms with E-state index in [0.717, 1.165) is 6.29 Å². The summed E-state index contributed by atoms with van der Waals surface area (Å²) in [6, 6.07) is 6.72. The van der Waals surface area contributed by atoms with Crippen LogP contribution in [-0.4, -0.2) is 29.7 Å². The molecular formula is C9H11ClO3. The average molecular weight is 203 g/mol. The number of benzene rings is 1. The lowest BCUT2D eigenvalue weighted by atomic mass is 10.2. The fourth-order valence-electron chi connectivity index (χ4n) is 0.541. The molecule has 0 aliphatic rings. The van der Waals surface area contributed by atoms with Crippen molar-refractivity contribution in [3.63, 3.8) is 0 Å². The van der Waals surface area contributed by atoms with Gasteiger partial charge in [-0.3, -0.25) is 4.79 Å². The molecule has 4 heteroatoms. The lowest BCUT2D eigenvalue weighted by Gasteiger charge is -1.87. The standard InChI is InChI=1S/C7H5ClO.C2H6O2/c8-7-3-1-6(5-9)2-4-7;3-1-2-4/h1-5H;3-4H,1-2H2. The summed E-state index contributed by atoms with van der Waals surface area (Å²) >= 11 is 5.55. The molecule has 2 N–H and O–H groups in total. The van der Waals surface area contributed by atoms with Crippen LogP contribution in [0.2, 0.25) is 5.02 Å². The molecule has 1 rings (SSSR count). The van der Waals surface area contributed by atoms with E-state index in [1.807, 2.05) is 0 Å². The number of rotatable bonds is 2. The Morgan fingerprint density at radius 2 is 1.62 bits per heavy atom. The first kappa shape index (κ1) is 12.1. The molecule has 0 saturated carbocycles. The van der Waals surface area contributed by atoms with Crippen LogP contribution >= 0.6 is 11.6 Å². The Kier molecular flexibility index (Phi) is 7.20. The van der Waals surface area contributed by atoms with Crippen LogP contribution in [0.1, 0.15) is 10.4 Å². The van der Waals surface area contributed by atoms with E-state index < -0.39 is 0 Å². The van der Waals surface area contributed by atoms with E-state index in [1.165, 1.54) is 0 Å². The number of hydrogen-bond donors (Lipinski definition) is 2. The lowest BCUT2D eigenvalue weighted by Crippen LogP contribution is -1.85. The van der Waals surface area contributed by atoms with E-state index in [4.69, 9.17) is 21.8 Å². The largest absolute Gasteiger partial charge is 0.394 e. The van der Waals surface area contributed by atoms with Crippen molar-refractivity contribution in [2.45, 2.75) is 0 Å². The fraction of sp³-hybridized carbons (Fsp3) is 0.222. The van der Waals surface area contributed by atoms with Crippen LogP contribution in [0.25, 0.3) is 0 Å². The molecule has 0 atom stereocenters. The predicted molar refractivity (Wildman–Crippen MR) is 51.0 cm³/mol. The Balaban J connectivity index is 0.000000310. The van der Waals surface area contributed by atoms with Gasteiger partial charge < -0.3 is 10.2 Å². The zero-order valence-corrected chi connectivity index (χ0v) is 7.74. The van der Waals surface area contributed by atoms with Crippen molar-refractivity contribution in [1.29, 1.82) is 0 Å². The first-order valence-corrected chi connectivity index (χ1v) is 4.05. The molecule has 0 fully saturated rings. The van der Waals surface area contributed by atoms with Crippen molar-refractivity contribution in [2.75, 3.05) is 13.2 Å². The SMILES string of the molecule is O=Cc1ccc(Cl)cc1.OCCO. The molecule has 1 aromatic rings. The van der Waals surface area contributed by atoms with E-state index >= 15 is 0 Å². The van der Waals surface area contributed by atoms with Crippen molar-refractivity contribution in [1.82, 2.24) is 0 Å². The van der Waals surface area contributed by atoms with Crippen LogP contribution in [0.3, 0.4) is 0 Å². The first-order valence-electron chi connectivity index (χ1n) is 3.67. The summed E-state index contributed by atoms with van der Waals surface area (Å²) < 4.78 is 0. The topological polar surface area (TPSA) is 57.5 Å². The predicted octanol–water partition coefficient (Wildman–Crippen LogP) is 1.12. The zero-order valence-electron chi connectivity index (χ0n) is 6.98. The molecule has 0 unspecified atom stereocenters. The van der Waals surface area contributed by atoms with Gasteiger partial charge in [0.25, 0.3) is 0 Å². The number of halogens is 1. The fourth-order valence-corrected chi connectivity index (χ4v) is 0.667. The van der Waals surface area contributed by atoms with Gasteiger partial charge >= 0.3 is 0 Å². The van der Waals surface area contributed by atoms with E-state index in [2.05, 4.69) is 0 Å². The third-order valence-electron chi connectivity index (χ3n) is 1.11. The molecule has 0 amide bonds. The van der Waals surface area contributed by atoms with Crippen LogP contribution in [0.4, 0.5) is 0 Å². The minimum atomic E-state index is -0.125. The number of carbonyl (C=O) groups is 1. The molecule has 0 aromatic heterocycles. The van der Waals surface area contributed by atoms with Gasteiger partial charge in [-0.25, -0.2) is 0 Å². The van der Waals surface area contributed by atoms with Gasteiger partial charge in [0, 0.05) is 10.6 Å². The van der Waals surface area contributed by atoms with Gasteiger partial charge in [0.15, 0.2) is 0 Å². The van der Waals surface area contributed by atoms with Crippen molar-refractivity contribution < 1.29 is 15.0 Å². The zero-order chi connectivity index (χ0) is 10.1. The second-order valence-corrected chi connectivity index (χ2v) is 2.55. The highest BCUT2D eigenvalue weighted by molar-refractivity contribution is 6.30. The smallest absolute Gasteiger partial charge is 0.150 e. The molecule has 0 bridgehead atoms. The minimum absolute atomic E-state index is 0.125. The van der Waals surface area contributed by atoms with Crippen LogP contribution in [0.15, 0.2) is 24.3 Å². The number of aliphatic hydroxyl groups is 2. The van der Waals surface area contributed by atoms with E-state index in [-0.39, 0.29) is 13.2 Å². The summed E-state index contributed by atoms with van der Waals surface area (Å²) in [7, 11) is 0. The summed E-state index contributed by atoms with van der Waals surface area (Å²) in [5.74, 6) is 0. The Hall–Kier alpha value is -0.900. The van der Waals surface area contributed by atoms with Crippen molar-refractivity contribution in [3.05, 3.63) is 34.9 Å². The van der Waals surface area contributed by atoms with Gasteiger partial charge in [-0.05, 0) is 12.1 Å². The van der Waals surface area contributed by atoms with Gasteiger partial charge in [0.2, 0.25) is 0 Å². The van der Waals surface area contributed by atoms with Gasteiger partial charge in [0.1, 0.15) is 6.29 Å². The molecule has 0 aliphatic heterocycles. The van der Waals surface area contributed by atoms with Gasteiger partial charge in [0.05, 0.1) is 13.2 Å². The van der Waals surface area contributed by atoms with Gasteiger partial charge in [-0.1, -0.05) is 23.7 Å². The number of hydrogen-bond acceptors (Lipinski definition) is 3. The highest BCUT2D eigenvalue weighted by Crippen LogP contribution is 2.07. The number of aliphatic hydroxyl groups excluding tert-OH is 2. The third kappa shape index (κ3) is 6.28. The second kappa shape index (κ2) is 7.73. The summed E-state index contributed by atoms with van der Waals surface area (Å²) in [6.45, 7) is -0.250. The maximum absolute atomic E-state index is 10.1. The summed E-state index contributed by atoms with van der Waals surface area (Å²) in [4.78, 5) is 10.1. The third-order valence-corrected chi connectivity index (χ3v) is 1.36. The van der Waals surface area contributed by atoms with E-state index in [9.17, 15) is 4.79 Å². The Labute approximate surface area is 81.6 Å². The highest BCUT2D eigenvalue weighted by atomic mass is 35.5. The van der Waals surface area contributed by atoms with Crippen molar-refractivity contribution in [3.8, 4) is 0 Å². The van der Waals surface area contributed by atoms with E-state index in [0.29, 0.717) is 10.6 Å². The van der Waals surface area contributed by atoms with Crippen LogP contribution in [-0.2, 0) is 0 Å². The van der Waals surface area contributed by atoms with Crippen LogP contribution in [0.5, 0.6) is 0 Å². The van der Waals surface area contributed by atoms with Crippen molar-refractivity contribution >= 4 is 17.9 Å². The molecule has 0 saturated heterocycles. The molecule has 3 nitrogen and oxygen atoms in total. The summed E-state index contributed by atoms with van der Waals surface area (Å²) in [6.07, 6.45) is 0.788. The molecule has 0 radical (unpaired) electrons. The second-order valence-electron chi connectivity index (χ2n) is 2.12. The maximum Gasteiger partial charge on any atom is 0.150 e.